The van der Waals surface area contributed by atoms with Crippen molar-refractivity contribution < 1.29 is 27.8 Å². The third kappa shape index (κ3) is 5.73. The van der Waals surface area contributed by atoms with Crippen LogP contribution in [-0.2, 0) is 9.47 Å². The standard InChI is InChI=1S/C27H33F2N7O5/c1-26(2,3)41-25(39)34(4)21-11-20(31-18-7-6-10-35(24(18)38)15-12-27(28,29)13-15)33-22-16(14-30-36(21)22)23(37)32-17-8-9-19(17)40-5/h6-7,10-11,14-15,17,19H,8-9,12-13H2,1-5H3,(H,31,33)(H,32,37)/t17?,19-/m0/s1. The molecule has 0 aromatic carbocycles. The van der Waals surface area contributed by atoms with Gasteiger partial charge >= 0.3 is 6.09 Å². The molecule has 2 amide bonds. The van der Waals surface area contributed by atoms with E-state index in [1.54, 1.807) is 33.9 Å². The Labute approximate surface area is 234 Å². The molecule has 2 fully saturated rings. The van der Waals surface area contributed by atoms with Crippen LogP contribution in [0, 0.1) is 0 Å². The molecule has 5 rings (SSSR count). The lowest BCUT2D eigenvalue weighted by atomic mass is 9.88. The molecule has 2 atom stereocenters. The Balaban J connectivity index is 1.52. The Bertz CT molecular complexity index is 1540. The number of hydrogen-bond acceptors (Lipinski definition) is 8. The van der Waals surface area contributed by atoms with Crippen molar-refractivity contribution in [3.63, 3.8) is 0 Å². The van der Waals surface area contributed by atoms with Crippen LogP contribution in [0.2, 0.25) is 0 Å². The number of nitrogens with zero attached hydrogens (tertiary/aromatic N) is 5. The van der Waals surface area contributed by atoms with Gasteiger partial charge in [-0.1, -0.05) is 0 Å². The predicted molar refractivity (Wildman–Crippen MR) is 146 cm³/mol. The monoisotopic (exact) mass is 573 g/mol. The number of rotatable bonds is 7. The Morgan fingerprint density at radius 1 is 1.22 bits per heavy atom. The molecule has 0 saturated heterocycles. The molecule has 12 nitrogen and oxygen atoms in total. The zero-order valence-electron chi connectivity index (χ0n) is 23.5. The van der Waals surface area contributed by atoms with Crippen molar-refractivity contribution in [1.29, 1.82) is 0 Å². The Morgan fingerprint density at radius 2 is 1.95 bits per heavy atom. The van der Waals surface area contributed by atoms with Crippen molar-refractivity contribution in [3.8, 4) is 0 Å². The number of amides is 2. The van der Waals surface area contributed by atoms with Crippen LogP contribution in [0.4, 0.5) is 30.9 Å². The number of carbonyl (C=O) groups excluding carboxylic acids is 2. The first-order valence-electron chi connectivity index (χ1n) is 13.3. The van der Waals surface area contributed by atoms with Crippen molar-refractivity contribution in [2.75, 3.05) is 24.4 Å². The van der Waals surface area contributed by atoms with Crippen LogP contribution in [0.25, 0.3) is 5.65 Å². The highest BCUT2D eigenvalue weighted by Crippen LogP contribution is 2.44. The van der Waals surface area contributed by atoms with E-state index in [2.05, 4.69) is 20.7 Å². The molecule has 3 aromatic rings. The molecule has 2 aliphatic carbocycles. The predicted octanol–water partition coefficient (Wildman–Crippen LogP) is 3.88. The first kappa shape index (κ1) is 28.5. The average Bonchev–Trinajstić information content (AvgIpc) is 3.29. The molecule has 14 heteroatoms. The maximum Gasteiger partial charge on any atom is 0.415 e. The minimum Gasteiger partial charge on any atom is -0.443 e. The first-order chi connectivity index (χ1) is 19.3. The topological polar surface area (TPSA) is 132 Å². The Kier molecular flexibility index (Phi) is 7.22. The molecule has 3 heterocycles. The highest BCUT2D eigenvalue weighted by Gasteiger charge is 2.46. The van der Waals surface area contributed by atoms with Crippen LogP contribution in [0.3, 0.4) is 0 Å². The van der Waals surface area contributed by atoms with Gasteiger partial charge in [-0.25, -0.2) is 18.6 Å². The fourth-order valence-corrected chi connectivity index (χ4v) is 4.85. The van der Waals surface area contributed by atoms with E-state index in [-0.39, 0.29) is 40.7 Å². The van der Waals surface area contributed by atoms with Crippen LogP contribution < -0.4 is 21.1 Å². The van der Waals surface area contributed by atoms with Crippen molar-refractivity contribution in [3.05, 3.63) is 46.5 Å². The summed E-state index contributed by atoms with van der Waals surface area (Å²) in [6.45, 7) is 5.20. The van der Waals surface area contributed by atoms with Gasteiger partial charge < -0.3 is 24.7 Å². The fraction of sp³-hybridized carbons (Fsp3) is 0.519. The van der Waals surface area contributed by atoms with Gasteiger partial charge in [-0.2, -0.15) is 9.61 Å². The van der Waals surface area contributed by atoms with Gasteiger partial charge in [0.2, 0.25) is 0 Å². The number of halogens is 2. The second-order valence-corrected chi connectivity index (χ2v) is 11.4. The third-order valence-corrected chi connectivity index (χ3v) is 7.24. The first-order valence-corrected chi connectivity index (χ1v) is 13.3. The normalized spacial score (nSPS) is 20.2. The molecule has 1 unspecified atom stereocenters. The fourth-order valence-electron chi connectivity index (χ4n) is 4.85. The van der Waals surface area contributed by atoms with E-state index in [0.29, 0.717) is 0 Å². The van der Waals surface area contributed by atoms with Crippen LogP contribution in [0.15, 0.2) is 35.4 Å². The minimum atomic E-state index is -2.79. The van der Waals surface area contributed by atoms with E-state index in [1.165, 1.54) is 45.6 Å². The molecule has 0 bridgehead atoms. The molecule has 0 aliphatic heterocycles. The zero-order chi connectivity index (χ0) is 29.7. The molecule has 220 valence electrons. The highest BCUT2D eigenvalue weighted by molar-refractivity contribution is 6.00. The van der Waals surface area contributed by atoms with Crippen molar-refractivity contribution in [1.82, 2.24) is 24.5 Å². The number of anilines is 3. The number of carbonyl (C=O) groups is 2. The second-order valence-electron chi connectivity index (χ2n) is 11.4. The van der Waals surface area contributed by atoms with E-state index in [4.69, 9.17) is 9.47 Å². The summed E-state index contributed by atoms with van der Waals surface area (Å²) in [6.07, 6.45) is 2.83. The van der Waals surface area contributed by atoms with Crippen molar-refractivity contribution in [2.24, 2.45) is 0 Å². The van der Waals surface area contributed by atoms with Crippen molar-refractivity contribution >= 4 is 35.0 Å². The smallest absolute Gasteiger partial charge is 0.415 e. The highest BCUT2D eigenvalue weighted by atomic mass is 19.3. The maximum absolute atomic E-state index is 13.5. The van der Waals surface area contributed by atoms with Crippen LogP contribution in [0.5, 0.6) is 0 Å². The Hall–Kier alpha value is -4.07. The summed E-state index contributed by atoms with van der Waals surface area (Å²) in [5.74, 6) is -2.87. The van der Waals surface area contributed by atoms with E-state index >= 15 is 0 Å². The zero-order valence-corrected chi connectivity index (χ0v) is 23.5. The molecule has 41 heavy (non-hydrogen) atoms. The van der Waals surface area contributed by atoms with Gasteiger partial charge in [-0.15, -0.1) is 0 Å². The Morgan fingerprint density at radius 3 is 2.56 bits per heavy atom. The molecule has 0 radical (unpaired) electrons. The molecule has 2 aliphatic rings. The number of alkyl halides is 2. The maximum atomic E-state index is 13.5. The quantitative estimate of drug-likeness (QED) is 0.435. The largest absolute Gasteiger partial charge is 0.443 e. The van der Waals surface area contributed by atoms with E-state index in [0.717, 1.165) is 12.8 Å². The van der Waals surface area contributed by atoms with Gasteiger partial charge in [0, 0.05) is 45.3 Å². The number of methoxy groups -OCH3 is 1. The summed E-state index contributed by atoms with van der Waals surface area (Å²) >= 11 is 0. The molecule has 3 aromatic heterocycles. The number of aromatic nitrogens is 4. The number of pyridine rings is 1. The lowest BCUT2D eigenvalue weighted by Crippen LogP contribution is -2.51. The number of nitrogens with one attached hydrogen (secondary N) is 2. The molecule has 2 saturated carbocycles. The third-order valence-electron chi connectivity index (χ3n) is 7.24. The summed E-state index contributed by atoms with van der Waals surface area (Å²) in [7, 11) is 3.07. The summed E-state index contributed by atoms with van der Waals surface area (Å²) in [6, 6.07) is 3.79. The summed E-state index contributed by atoms with van der Waals surface area (Å²) in [4.78, 5) is 45.1. The molecule has 0 spiro atoms. The SMILES string of the molecule is CO[C@H]1CCC1NC(=O)c1cnn2c(N(C)C(=O)OC(C)(C)C)cc(Nc3cccn(C4CC(F)(F)C4)c3=O)nc12. The molecular formula is C27H33F2N7O5. The lowest BCUT2D eigenvalue weighted by molar-refractivity contribution is -0.104. The minimum absolute atomic E-state index is 0.0873. The van der Waals surface area contributed by atoms with Gasteiger partial charge in [-0.3, -0.25) is 14.5 Å². The van der Waals surface area contributed by atoms with Gasteiger partial charge in [0.25, 0.3) is 17.4 Å². The van der Waals surface area contributed by atoms with E-state index in [1.807, 2.05) is 0 Å². The molecular weight excluding hydrogens is 540 g/mol. The lowest BCUT2D eigenvalue weighted by Gasteiger charge is -2.36. The number of fused-ring (bicyclic) bond motifs is 1. The summed E-state index contributed by atoms with van der Waals surface area (Å²) < 4.78 is 40.4. The average molecular weight is 574 g/mol. The second kappa shape index (κ2) is 10.4. The summed E-state index contributed by atoms with van der Waals surface area (Å²) in [5.41, 5.74) is -0.911. The van der Waals surface area contributed by atoms with Gasteiger partial charge in [0.15, 0.2) is 5.65 Å². The van der Waals surface area contributed by atoms with Crippen LogP contribution >= 0.6 is 0 Å². The number of ether oxygens (including phenoxy) is 2. The van der Waals surface area contributed by atoms with E-state index in [9.17, 15) is 23.2 Å². The van der Waals surface area contributed by atoms with Gasteiger partial charge in [0.1, 0.15) is 28.5 Å². The van der Waals surface area contributed by atoms with Gasteiger partial charge in [0.05, 0.1) is 18.3 Å². The number of hydrogen-bond donors (Lipinski definition) is 2. The van der Waals surface area contributed by atoms with E-state index < -0.39 is 48.0 Å². The summed E-state index contributed by atoms with van der Waals surface area (Å²) in [5, 5.41) is 10.2. The van der Waals surface area contributed by atoms with Crippen LogP contribution in [-0.4, -0.2) is 69.0 Å². The molecule has 2 N–H and O–H groups in total. The van der Waals surface area contributed by atoms with Crippen molar-refractivity contribution in [2.45, 2.75) is 76.2 Å². The van der Waals surface area contributed by atoms with Crippen LogP contribution in [0.1, 0.15) is 62.9 Å². The van der Waals surface area contributed by atoms with Gasteiger partial charge in [-0.05, 0) is 45.7 Å².